The number of hydrogen-bond donors (Lipinski definition) is 1. The van der Waals surface area contributed by atoms with Crippen LogP contribution >= 0.6 is 0 Å². The molecule has 66 valence electrons. The van der Waals surface area contributed by atoms with Gasteiger partial charge in [-0.3, -0.25) is 9.78 Å². The zero-order valence-corrected chi connectivity index (χ0v) is 6.92. The second-order valence-electron chi connectivity index (χ2n) is 2.22. The highest BCUT2D eigenvalue weighted by atomic mass is 16.1. The summed E-state index contributed by atoms with van der Waals surface area (Å²) in [6.45, 7) is 0. The van der Waals surface area contributed by atoms with Gasteiger partial charge in [0.25, 0.3) is 5.91 Å². The molecule has 13 heavy (non-hydrogen) atoms. The maximum absolute atomic E-state index is 10.7. The third-order valence-electron chi connectivity index (χ3n) is 1.25. The molecule has 0 bridgehead atoms. The zero-order valence-electron chi connectivity index (χ0n) is 6.92. The fraction of sp³-hybridized carbons (Fsp3) is 0. The molecule has 1 amide bonds. The van der Waals surface area contributed by atoms with Crippen LogP contribution in [0, 0.1) is 0 Å². The average molecular weight is 175 g/mol. The highest BCUT2D eigenvalue weighted by Gasteiger charge is 1.95. The average Bonchev–Trinajstić information content (AvgIpc) is 2.14. The van der Waals surface area contributed by atoms with Crippen molar-refractivity contribution in [1.82, 2.24) is 9.97 Å². The third-order valence-corrected chi connectivity index (χ3v) is 1.25. The first kappa shape index (κ1) is 9.12. The van der Waals surface area contributed by atoms with Gasteiger partial charge in [0.05, 0.1) is 6.20 Å². The predicted molar refractivity (Wildman–Crippen MR) is 48.2 cm³/mol. The molecule has 0 saturated heterocycles. The Kier molecular flexibility index (Phi) is 3.38. The number of carbonyl (C=O) groups is 1. The minimum absolute atomic E-state index is 0.135. The largest absolute Gasteiger partial charge is 0.364 e. The molecule has 2 N–H and O–H groups in total. The number of nitrogens with two attached hydrogens (primary N) is 1. The molecule has 1 rings (SSSR count). The second-order valence-corrected chi connectivity index (χ2v) is 2.22. The molecule has 0 aliphatic heterocycles. The molecule has 1 aromatic rings. The van der Waals surface area contributed by atoms with Gasteiger partial charge < -0.3 is 5.73 Å². The summed E-state index contributed by atoms with van der Waals surface area (Å²) in [5.41, 5.74) is 5.18. The van der Waals surface area contributed by atoms with Crippen molar-refractivity contribution in [3.8, 4) is 0 Å². The van der Waals surface area contributed by atoms with E-state index in [1.165, 1.54) is 12.4 Å². The summed E-state index contributed by atoms with van der Waals surface area (Å²) in [5.74, 6) is -0.591. The summed E-state index contributed by atoms with van der Waals surface area (Å²) < 4.78 is 0. The summed E-state index contributed by atoms with van der Waals surface area (Å²) in [7, 11) is 0. The molecule has 0 aliphatic carbocycles. The van der Waals surface area contributed by atoms with Crippen LogP contribution in [0.3, 0.4) is 0 Å². The van der Waals surface area contributed by atoms with Gasteiger partial charge in [0, 0.05) is 12.4 Å². The van der Waals surface area contributed by atoms with Crippen molar-refractivity contribution in [2.24, 2.45) is 5.73 Å². The topological polar surface area (TPSA) is 68.9 Å². The lowest BCUT2D eigenvalue weighted by Gasteiger charge is -1.85. The highest BCUT2D eigenvalue weighted by Crippen LogP contribution is 1.84. The number of aromatic nitrogens is 2. The van der Waals surface area contributed by atoms with Gasteiger partial charge in [0.15, 0.2) is 0 Å². The van der Waals surface area contributed by atoms with Gasteiger partial charge in [-0.25, -0.2) is 4.98 Å². The Hall–Kier alpha value is -1.97. The van der Waals surface area contributed by atoms with Gasteiger partial charge in [0.1, 0.15) is 5.69 Å². The lowest BCUT2D eigenvalue weighted by atomic mass is 10.4. The van der Waals surface area contributed by atoms with Gasteiger partial charge >= 0.3 is 0 Å². The first-order valence-corrected chi connectivity index (χ1v) is 3.70. The summed E-state index contributed by atoms with van der Waals surface area (Å²) in [6.07, 6.45) is 4.36. The number of rotatable bonds is 1. The standard InChI is InChI=1S/C9H9N3O/c10-9(13)8-7-11-5-3-1-2-4-6-12-8/h1-7H,(H2,10,13). The number of hydrogen-bond acceptors (Lipinski definition) is 3. The van der Waals surface area contributed by atoms with Crippen LogP contribution in [0.4, 0.5) is 0 Å². The molecular weight excluding hydrogens is 166 g/mol. The van der Waals surface area contributed by atoms with Crippen molar-refractivity contribution in [2.45, 2.75) is 0 Å². The highest BCUT2D eigenvalue weighted by molar-refractivity contribution is 5.90. The lowest BCUT2D eigenvalue weighted by molar-refractivity contribution is 0.0995. The number of amides is 1. The van der Waals surface area contributed by atoms with E-state index in [1.807, 2.05) is 0 Å². The van der Waals surface area contributed by atoms with Crippen LogP contribution < -0.4 is 5.73 Å². The van der Waals surface area contributed by atoms with Crippen molar-refractivity contribution in [3.05, 3.63) is 48.5 Å². The Morgan fingerprint density at radius 2 is 1.85 bits per heavy atom. The minimum atomic E-state index is -0.591. The molecule has 1 heterocycles. The molecule has 0 aliphatic rings. The van der Waals surface area contributed by atoms with E-state index in [2.05, 4.69) is 9.97 Å². The molecular formula is C9H9N3O. The van der Waals surface area contributed by atoms with Crippen LogP contribution in [-0.2, 0) is 0 Å². The summed E-state index contributed by atoms with van der Waals surface area (Å²) >= 11 is 0. The minimum Gasteiger partial charge on any atom is -0.364 e. The quantitative estimate of drug-likeness (QED) is 0.683. The van der Waals surface area contributed by atoms with Crippen molar-refractivity contribution < 1.29 is 4.79 Å². The molecule has 0 atom stereocenters. The van der Waals surface area contributed by atoms with Crippen LogP contribution in [0.1, 0.15) is 10.5 Å². The van der Waals surface area contributed by atoms with E-state index >= 15 is 0 Å². The molecule has 0 aromatic carbocycles. The summed E-state index contributed by atoms with van der Waals surface area (Å²) in [6, 6.07) is 7.02. The van der Waals surface area contributed by atoms with Crippen LogP contribution in [0.25, 0.3) is 0 Å². The van der Waals surface area contributed by atoms with Crippen molar-refractivity contribution >= 4 is 5.91 Å². The smallest absolute Gasteiger partial charge is 0.268 e. The molecule has 0 unspecified atom stereocenters. The van der Waals surface area contributed by atoms with Gasteiger partial charge in [-0.1, -0.05) is 12.1 Å². The number of primary amides is 1. The van der Waals surface area contributed by atoms with Crippen LogP contribution in [-0.4, -0.2) is 15.9 Å². The Morgan fingerprint density at radius 1 is 1.15 bits per heavy atom. The van der Waals surface area contributed by atoms with E-state index in [-0.39, 0.29) is 5.69 Å². The fourth-order valence-corrected chi connectivity index (χ4v) is 0.675. The molecule has 1 aromatic heterocycles. The Labute approximate surface area is 75.8 Å². The first-order valence-electron chi connectivity index (χ1n) is 3.70. The molecule has 4 nitrogen and oxygen atoms in total. The van der Waals surface area contributed by atoms with E-state index in [4.69, 9.17) is 5.73 Å². The zero-order chi connectivity index (χ0) is 9.52. The normalized spacial score (nSPS) is 8.62. The Morgan fingerprint density at radius 3 is 2.54 bits per heavy atom. The van der Waals surface area contributed by atoms with Gasteiger partial charge in [-0.2, -0.15) is 0 Å². The second kappa shape index (κ2) is 4.82. The van der Waals surface area contributed by atoms with Crippen LogP contribution in [0.2, 0.25) is 0 Å². The fourth-order valence-electron chi connectivity index (χ4n) is 0.675. The van der Waals surface area contributed by atoms with Crippen LogP contribution in [0.5, 0.6) is 0 Å². The predicted octanol–water partition coefficient (Wildman–Crippen LogP) is 0.700. The molecule has 0 saturated carbocycles. The van der Waals surface area contributed by atoms with E-state index in [1.54, 1.807) is 30.5 Å². The van der Waals surface area contributed by atoms with Crippen LogP contribution in [0.15, 0.2) is 42.9 Å². The SMILES string of the molecule is NC(=O)c1cnccccccn1. The summed E-state index contributed by atoms with van der Waals surface area (Å²) in [5, 5.41) is 0. The third kappa shape index (κ3) is 3.29. The molecule has 4 heteroatoms. The maximum Gasteiger partial charge on any atom is 0.268 e. The van der Waals surface area contributed by atoms with Crippen molar-refractivity contribution in [1.29, 1.82) is 0 Å². The Bertz CT molecular complexity index is 326. The van der Waals surface area contributed by atoms with E-state index in [9.17, 15) is 4.79 Å². The van der Waals surface area contributed by atoms with Gasteiger partial charge in [-0.15, -0.1) is 0 Å². The van der Waals surface area contributed by atoms with Crippen molar-refractivity contribution in [2.75, 3.05) is 0 Å². The van der Waals surface area contributed by atoms with Gasteiger partial charge in [-0.05, 0) is 12.1 Å². The lowest BCUT2D eigenvalue weighted by Crippen LogP contribution is -2.12. The van der Waals surface area contributed by atoms with E-state index < -0.39 is 5.91 Å². The molecule has 0 radical (unpaired) electrons. The number of carbonyl (C=O) groups excluding carboxylic acids is 1. The monoisotopic (exact) mass is 175 g/mol. The molecule has 0 spiro atoms. The van der Waals surface area contributed by atoms with Crippen molar-refractivity contribution in [3.63, 3.8) is 0 Å². The molecule has 0 fully saturated rings. The van der Waals surface area contributed by atoms with E-state index in [0.29, 0.717) is 0 Å². The Balaban J connectivity index is 3.19. The first-order chi connectivity index (χ1) is 6.30. The maximum atomic E-state index is 10.7. The van der Waals surface area contributed by atoms with Gasteiger partial charge in [0.2, 0.25) is 0 Å². The van der Waals surface area contributed by atoms with E-state index in [0.717, 1.165) is 0 Å². The summed E-state index contributed by atoms with van der Waals surface area (Å²) in [4.78, 5) is 18.4. The number of nitrogens with zero attached hydrogens (tertiary/aromatic N) is 2.